The van der Waals surface area contributed by atoms with E-state index in [0.29, 0.717) is 0 Å². The van der Waals surface area contributed by atoms with Crippen molar-refractivity contribution in [1.29, 1.82) is 0 Å². The minimum Gasteiger partial charge on any atom is -0.347 e. The van der Waals surface area contributed by atoms with E-state index in [2.05, 4.69) is 16.9 Å². The van der Waals surface area contributed by atoms with Crippen molar-refractivity contribution >= 4 is 12.2 Å². The van der Waals surface area contributed by atoms with Gasteiger partial charge in [0.05, 0.1) is 0 Å². The summed E-state index contributed by atoms with van der Waals surface area (Å²) in [4.78, 5) is 7.74. The third kappa shape index (κ3) is 2.64. The van der Waals surface area contributed by atoms with Crippen molar-refractivity contribution in [2.75, 3.05) is 0 Å². The molecule has 0 saturated heterocycles. The van der Waals surface area contributed by atoms with Crippen LogP contribution in [-0.4, -0.2) is 9.97 Å². The van der Waals surface area contributed by atoms with Crippen molar-refractivity contribution in [3.05, 3.63) is 22.2 Å². The van der Waals surface area contributed by atoms with Gasteiger partial charge in [-0.2, -0.15) is 0 Å². The highest BCUT2D eigenvalue weighted by atomic mass is 32.1. The predicted octanol–water partition coefficient (Wildman–Crippen LogP) is 3.04. The molecule has 1 heterocycles. The molecule has 0 aromatic carbocycles. The van der Waals surface area contributed by atoms with E-state index in [1.807, 2.05) is 6.07 Å². The summed E-state index contributed by atoms with van der Waals surface area (Å²) in [6, 6.07) is 1.98. The first kappa shape index (κ1) is 9.84. The second-order valence-electron chi connectivity index (χ2n) is 4.09. The molecule has 76 valence electrons. The van der Waals surface area contributed by atoms with Crippen LogP contribution in [0, 0.1) is 10.6 Å². The molecule has 2 nitrogen and oxygen atoms in total. The zero-order valence-electron chi connectivity index (χ0n) is 8.55. The molecule has 0 atom stereocenters. The molecule has 3 heteroatoms. The number of nitrogens with zero attached hydrogens (tertiary/aromatic N) is 1. The van der Waals surface area contributed by atoms with Gasteiger partial charge in [0.2, 0.25) is 0 Å². The Morgan fingerprint density at radius 2 is 2.36 bits per heavy atom. The largest absolute Gasteiger partial charge is 0.347 e. The SMILES string of the molecule is CCCc1cc(=S)nc(CC2CC2)[nH]1. The molecule has 1 N–H and O–H groups in total. The van der Waals surface area contributed by atoms with E-state index in [1.54, 1.807) is 0 Å². The van der Waals surface area contributed by atoms with Crippen LogP contribution in [0.5, 0.6) is 0 Å². The first-order chi connectivity index (χ1) is 6.78. The second kappa shape index (κ2) is 4.22. The highest BCUT2D eigenvalue weighted by molar-refractivity contribution is 7.71. The number of aromatic nitrogens is 2. The van der Waals surface area contributed by atoms with Gasteiger partial charge in [0.25, 0.3) is 0 Å². The Morgan fingerprint density at radius 3 is 3.00 bits per heavy atom. The summed E-state index contributed by atoms with van der Waals surface area (Å²) in [5.74, 6) is 1.95. The Morgan fingerprint density at radius 1 is 1.57 bits per heavy atom. The Hall–Kier alpha value is -0.700. The van der Waals surface area contributed by atoms with E-state index in [9.17, 15) is 0 Å². The number of H-pyrrole nitrogens is 1. The van der Waals surface area contributed by atoms with Gasteiger partial charge in [0, 0.05) is 12.1 Å². The molecular weight excluding hydrogens is 192 g/mol. The Labute approximate surface area is 89.8 Å². The zero-order valence-corrected chi connectivity index (χ0v) is 9.36. The van der Waals surface area contributed by atoms with Gasteiger partial charge >= 0.3 is 0 Å². The average Bonchev–Trinajstić information content (AvgIpc) is 2.87. The number of hydrogen-bond donors (Lipinski definition) is 1. The van der Waals surface area contributed by atoms with Crippen LogP contribution in [-0.2, 0) is 12.8 Å². The predicted molar refractivity (Wildman–Crippen MR) is 59.8 cm³/mol. The molecule has 1 fully saturated rings. The molecule has 1 aromatic heterocycles. The van der Waals surface area contributed by atoms with Crippen molar-refractivity contribution in [3.63, 3.8) is 0 Å². The van der Waals surface area contributed by atoms with Crippen molar-refractivity contribution in [1.82, 2.24) is 9.97 Å². The fourth-order valence-corrected chi connectivity index (χ4v) is 1.91. The lowest BCUT2D eigenvalue weighted by atomic mass is 10.2. The quantitative estimate of drug-likeness (QED) is 0.770. The number of nitrogens with one attached hydrogen (secondary N) is 1. The molecule has 0 spiro atoms. The molecule has 2 rings (SSSR count). The molecule has 1 aliphatic rings. The number of hydrogen-bond acceptors (Lipinski definition) is 2. The second-order valence-corrected chi connectivity index (χ2v) is 4.51. The zero-order chi connectivity index (χ0) is 9.97. The summed E-state index contributed by atoms with van der Waals surface area (Å²) < 4.78 is 0.739. The fraction of sp³-hybridized carbons (Fsp3) is 0.636. The van der Waals surface area contributed by atoms with E-state index in [-0.39, 0.29) is 0 Å². The molecule has 0 aliphatic heterocycles. The molecule has 14 heavy (non-hydrogen) atoms. The monoisotopic (exact) mass is 208 g/mol. The molecule has 0 amide bonds. The number of aryl methyl sites for hydroxylation is 1. The van der Waals surface area contributed by atoms with Crippen molar-refractivity contribution in [2.45, 2.75) is 39.0 Å². The maximum absolute atomic E-state index is 5.14. The molecule has 1 aromatic rings. The lowest BCUT2D eigenvalue weighted by molar-refractivity contribution is 0.746. The first-order valence-corrected chi connectivity index (χ1v) is 5.78. The van der Waals surface area contributed by atoms with Gasteiger partial charge in [-0.25, -0.2) is 4.98 Å². The lowest BCUT2D eigenvalue weighted by Crippen LogP contribution is -2.00. The third-order valence-electron chi connectivity index (χ3n) is 2.55. The van der Waals surface area contributed by atoms with Crippen LogP contribution in [0.4, 0.5) is 0 Å². The van der Waals surface area contributed by atoms with E-state index < -0.39 is 0 Å². The molecule has 0 radical (unpaired) electrons. The average molecular weight is 208 g/mol. The third-order valence-corrected chi connectivity index (χ3v) is 2.76. The minimum atomic E-state index is 0.739. The molecule has 0 bridgehead atoms. The summed E-state index contributed by atoms with van der Waals surface area (Å²) in [5, 5.41) is 0. The summed E-state index contributed by atoms with van der Waals surface area (Å²) >= 11 is 5.14. The summed E-state index contributed by atoms with van der Waals surface area (Å²) in [5.41, 5.74) is 1.24. The van der Waals surface area contributed by atoms with Crippen LogP contribution in [0.25, 0.3) is 0 Å². The van der Waals surface area contributed by atoms with Gasteiger partial charge in [-0.15, -0.1) is 0 Å². The van der Waals surface area contributed by atoms with E-state index in [0.717, 1.165) is 35.6 Å². The molecule has 1 saturated carbocycles. The van der Waals surface area contributed by atoms with Gasteiger partial charge in [-0.05, 0) is 31.2 Å². The van der Waals surface area contributed by atoms with E-state index >= 15 is 0 Å². The normalized spacial score (nSPS) is 15.8. The van der Waals surface area contributed by atoms with Gasteiger partial charge in [-0.3, -0.25) is 0 Å². The van der Waals surface area contributed by atoms with Crippen molar-refractivity contribution < 1.29 is 0 Å². The van der Waals surface area contributed by atoms with Crippen LogP contribution in [0.2, 0.25) is 0 Å². The van der Waals surface area contributed by atoms with Gasteiger partial charge in [0.1, 0.15) is 10.5 Å². The van der Waals surface area contributed by atoms with Crippen LogP contribution in [0.15, 0.2) is 6.07 Å². The topological polar surface area (TPSA) is 28.7 Å². The standard InChI is InChI=1S/C11H16N2S/c1-2-3-9-7-11(14)13-10(12-9)6-8-4-5-8/h7-8H,2-6H2,1H3,(H,12,13,14). The van der Waals surface area contributed by atoms with Crippen LogP contribution in [0.1, 0.15) is 37.7 Å². The van der Waals surface area contributed by atoms with Crippen molar-refractivity contribution in [2.24, 2.45) is 5.92 Å². The molecule has 0 unspecified atom stereocenters. The Balaban J connectivity index is 2.16. The maximum atomic E-state index is 5.14. The fourth-order valence-electron chi connectivity index (χ4n) is 1.66. The van der Waals surface area contributed by atoms with Gasteiger partial charge in [-0.1, -0.05) is 25.6 Å². The van der Waals surface area contributed by atoms with E-state index in [4.69, 9.17) is 12.2 Å². The first-order valence-electron chi connectivity index (χ1n) is 5.37. The van der Waals surface area contributed by atoms with Crippen LogP contribution >= 0.6 is 12.2 Å². The van der Waals surface area contributed by atoms with Gasteiger partial charge < -0.3 is 4.98 Å². The highest BCUT2D eigenvalue weighted by Gasteiger charge is 2.22. The maximum Gasteiger partial charge on any atom is 0.129 e. The van der Waals surface area contributed by atoms with Crippen molar-refractivity contribution in [3.8, 4) is 0 Å². The Kier molecular flexibility index (Phi) is 2.96. The van der Waals surface area contributed by atoms with Crippen LogP contribution in [0.3, 0.4) is 0 Å². The van der Waals surface area contributed by atoms with E-state index in [1.165, 1.54) is 18.5 Å². The van der Waals surface area contributed by atoms with Gasteiger partial charge in [0.15, 0.2) is 0 Å². The number of rotatable bonds is 4. The Bertz CT molecular complexity index is 366. The molecular formula is C11H16N2S. The van der Waals surface area contributed by atoms with Crippen LogP contribution < -0.4 is 0 Å². The minimum absolute atomic E-state index is 0.739. The summed E-state index contributed by atoms with van der Waals surface area (Å²) in [7, 11) is 0. The lowest BCUT2D eigenvalue weighted by Gasteiger charge is -2.03. The smallest absolute Gasteiger partial charge is 0.129 e. The highest BCUT2D eigenvalue weighted by Crippen LogP contribution is 2.31. The number of aromatic amines is 1. The summed E-state index contributed by atoms with van der Waals surface area (Å²) in [6.07, 6.45) is 6.03. The molecule has 1 aliphatic carbocycles. The summed E-state index contributed by atoms with van der Waals surface area (Å²) in [6.45, 7) is 2.18.